The average molecular weight is 310 g/mol. The molecule has 0 bridgehead atoms. The lowest BCUT2D eigenvalue weighted by Gasteiger charge is -2.02. The van der Waals surface area contributed by atoms with Crippen LogP contribution in [0.15, 0.2) is 18.2 Å². The van der Waals surface area contributed by atoms with Crippen LogP contribution in [0.2, 0.25) is 0 Å². The maximum Gasteiger partial charge on any atom is 0.119 e. The Kier molecular flexibility index (Phi) is 6.96. The summed E-state index contributed by atoms with van der Waals surface area (Å²) in [6.07, 6.45) is 5.20. The van der Waals surface area contributed by atoms with Crippen molar-refractivity contribution in [3.63, 3.8) is 0 Å². The minimum atomic E-state index is 0.145. The first-order chi connectivity index (χ1) is 10.7. The van der Waals surface area contributed by atoms with Crippen molar-refractivity contribution in [3.05, 3.63) is 23.8 Å². The Bertz CT molecular complexity index is 408. The molecule has 0 saturated carbocycles. The molecule has 0 aromatic heterocycles. The van der Waals surface area contributed by atoms with Gasteiger partial charge in [-0.15, -0.1) is 0 Å². The van der Waals surface area contributed by atoms with Gasteiger partial charge in [-0.1, -0.05) is 19.8 Å². The lowest BCUT2D eigenvalue weighted by molar-refractivity contribution is 0.102. The van der Waals surface area contributed by atoms with Crippen LogP contribution in [0.5, 0.6) is 11.5 Å². The van der Waals surface area contributed by atoms with Crippen LogP contribution in [-0.2, 0) is 20.6 Å². The molecule has 2 fully saturated rings. The molecule has 0 aliphatic carbocycles. The van der Waals surface area contributed by atoms with E-state index in [1.165, 1.54) is 18.9 Å². The zero-order valence-corrected chi connectivity index (χ0v) is 13.2. The molecule has 1 aromatic carbocycles. The Morgan fingerprint density at radius 3 is 2.00 bits per heavy atom. The van der Waals surface area contributed by atoms with Crippen molar-refractivity contribution in [1.29, 1.82) is 0 Å². The van der Waals surface area contributed by atoms with Crippen LogP contribution in [0.1, 0.15) is 31.7 Å². The van der Waals surface area contributed by atoms with Gasteiger partial charge in [-0.3, -0.25) is 0 Å². The molecular weight excluding hydrogens is 284 g/mol. The summed E-state index contributed by atoms with van der Waals surface area (Å²) in [6.45, 7) is 5.41. The first kappa shape index (κ1) is 17.1. The SMILES string of the molecule is C(OCC1CO1)C1CO1.CCCCCc1cc(O)cc(O)c1. The van der Waals surface area contributed by atoms with Crippen molar-refractivity contribution in [3.8, 4) is 11.5 Å². The molecule has 1 aromatic rings. The fourth-order valence-corrected chi connectivity index (χ4v) is 2.04. The third kappa shape index (κ3) is 7.64. The number of phenolic OH excluding ortho intramolecular Hbond substituents is 2. The van der Waals surface area contributed by atoms with Crippen molar-refractivity contribution in [2.24, 2.45) is 0 Å². The number of unbranched alkanes of at least 4 members (excludes halogenated alkanes) is 2. The zero-order valence-electron chi connectivity index (χ0n) is 13.2. The van der Waals surface area contributed by atoms with E-state index in [1.807, 2.05) is 0 Å². The predicted molar refractivity (Wildman–Crippen MR) is 83.3 cm³/mol. The van der Waals surface area contributed by atoms with E-state index in [1.54, 1.807) is 12.1 Å². The van der Waals surface area contributed by atoms with E-state index in [9.17, 15) is 10.2 Å². The second-order valence-corrected chi connectivity index (χ2v) is 5.76. The molecule has 0 radical (unpaired) electrons. The molecule has 3 rings (SSSR count). The van der Waals surface area contributed by atoms with Crippen molar-refractivity contribution in [2.75, 3.05) is 26.4 Å². The highest BCUT2D eigenvalue weighted by atomic mass is 16.6. The van der Waals surface area contributed by atoms with Gasteiger partial charge in [0, 0.05) is 6.07 Å². The normalized spacial score (nSPS) is 21.9. The molecule has 2 saturated heterocycles. The van der Waals surface area contributed by atoms with Gasteiger partial charge in [0.05, 0.1) is 26.4 Å². The van der Waals surface area contributed by atoms with E-state index >= 15 is 0 Å². The molecule has 124 valence electrons. The maximum absolute atomic E-state index is 9.19. The number of epoxide rings is 2. The largest absolute Gasteiger partial charge is 0.508 e. The molecule has 0 spiro atoms. The standard InChI is InChI=1S/C11H16O2.C6H10O3/c1-2-3-4-5-9-6-10(12)8-11(13)7-9;1(5-3-8-5)7-2-6-4-9-6/h6-8,12-13H,2-5H2,1H3;5-6H,1-4H2. The first-order valence-electron chi connectivity index (χ1n) is 8.00. The van der Waals surface area contributed by atoms with Gasteiger partial charge in [-0.05, 0) is 30.5 Å². The predicted octanol–water partition coefficient (Wildman–Crippen LogP) is 2.63. The molecule has 22 heavy (non-hydrogen) atoms. The summed E-state index contributed by atoms with van der Waals surface area (Å²) in [5, 5.41) is 18.4. The van der Waals surface area contributed by atoms with E-state index < -0.39 is 0 Å². The molecular formula is C17H26O5. The maximum atomic E-state index is 9.19. The molecule has 0 amide bonds. The number of rotatable bonds is 8. The quantitative estimate of drug-likeness (QED) is 0.570. The van der Waals surface area contributed by atoms with Gasteiger partial charge in [0.1, 0.15) is 23.7 Å². The summed E-state index contributed by atoms with van der Waals surface area (Å²) in [5.74, 6) is 0.290. The number of hydrogen-bond acceptors (Lipinski definition) is 5. The zero-order chi connectivity index (χ0) is 15.8. The third-order valence-electron chi connectivity index (χ3n) is 3.44. The van der Waals surface area contributed by atoms with Gasteiger partial charge in [-0.25, -0.2) is 0 Å². The number of benzene rings is 1. The number of aryl methyl sites for hydroxylation is 1. The van der Waals surface area contributed by atoms with Crippen molar-refractivity contribution in [2.45, 2.75) is 44.8 Å². The van der Waals surface area contributed by atoms with Crippen LogP contribution in [0.3, 0.4) is 0 Å². The second-order valence-electron chi connectivity index (χ2n) is 5.76. The Hall–Kier alpha value is -1.30. The summed E-state index contributed by atoms with van der Waals surface area (Å²) in [5.41, 5.74) is 1.01. The molecule has 2 atom stereocenters. The summed E-state index contributed by atoms with van der Waals surface area (Å²) in [4.78, 5) is 0. The van der Waals surface area contributed by atoms with Gasteiger partial charge in [0.25, 0.3) is 0 Å². The van der Waals surface area contributed by atoms with E-state index in [4.69, 9.17) is 14.2 Å². The van der Waals surface area contributed by atoms with E-state index in [0.717, 1.165) is 44.8 Å². The highest BCUT2D eigenvalue weighted by Gasteiger charge is 2.26. The van der Waals surface area contributed by atoms with Crippen molar-refractivity contribution >= 4 is 0 Å². The van der Waals surface area contributed by atoms with Crippen LogP contribution in [-0.4, -0.2) is 48.8 Å². The lowest BCUT2D eigenvalue weighted by Crippen LogP contribution is -2.06. The Labute approximate surface area is 131 Å². The highest BCUT2D eigenvalue weighted by Crippen LogP contribution is 2.21. The molecule has 2 aliphatic rings. The van der Waals surface area contributed by atoms with Crippen molar-refractivity contribution < 1.29 is 24.4 Å². The van der Waals surface area contributed by atoms with Gasteiger partial charge >= 0.3 is 0 Å². The van der Waals surface area contributed by atoms with Crippen LogP contribution in [0.4, 0.5) is 0 Å². The van der Waals surface area contributed by atoms with Gasteiger partial charge in [-0.2, -0.15) is 0 Å². The van der Waals surface area contributed by atoms with E-state index in [-0.39, 0.29) is 11.5 Å². The average Bonchev–Trinajstić information content (AvgIpc) is 3.34. The topological polar surface area (TPSA) is 74.8 Å². The summed E-state index contributed by atoms with van der Waals surface area (Å²) < 4.78 is 15.1. The summed E-state index contributed by atoms with van der Waals surface area (Å²) in [6, 6.07) is 4.76. The molecule has 5 heteroatoms. The van der Waals surface area contributed by atoms with Crippen LogP contribution in [0.25, 0.3) is 0 Å². The first-order valence-corrected chi connectivity index (χ1v) is 8.00. The number of hydrogen-bond donors (Lipinski definition) is 2. The number of phenols is 2. The highest BCUT2D eigenvalue weighted by molar-refractivity contribution is 5.36. The minimum absolute atomic E-state index is 0.145. The van der Waals surface area contributed by atoms with E-state index in [2.05, 4.69) is 6.92 Å². The lowest BCUT2D eigenvalue weighted by atomic mass is 10.1. The summed E-state index contributed by atoms with van der Waals surface area (Å²) in [7, 11) is 0. The summed E-state index contributed by atoms with van der Waals surface area (Å²) >= 11 is 0. The van der Waals surface area contributed by atoms with Crippen LogP contribution < -0.4 is 0 Å². The number of aromatic hydroxyl groups is 2. The van der Waals surface area contributed by atoms with Crippen LogP contribution in [0, 0.1) is 0 Å². The van der Waals surface area contributed by atoms with Gasteiger partial charge in [0.15, 0.2) is 0 Å². The molecule has 2 aliphatic heterocycles. The second kappa shape index (κ2) is 8.98. The van der Waals surface area contributed by atoms with Gasteiger partial charge in [0.2, 0.25) is 0 Å². The molecule has 2 N–H and O–H groups in total. The Morgan fingerprint density at radius 2 is 1.55 bits per heavy atom. The fraction of sp³-hybridized carbons (Fsp3) is 0.647. The Balaban J connectivity index is 0.000000170. The third-order valence-corrected chi connectivity index (χ3v) is 3.44. The molecule has 2 heterocycles. The minimum Gasteiger partial charge on any atom is -0.508 e. The molecule has 2 unspecified atom stereocenters. The smallest absolute Gasteiger partial charge is 0.119 e. The number of ether oxygens (including phenoxy) is 3. The van der Waals surface area contributed by atoms with Crippen LogP contribution >= 0.6 is 0 Å². The van der Waals surface area contributed by atoms with E-state index in [0.29, 0.717) is 12.2 Å². The fourth-order valence-electron chi connectivity index (χ4n) is 2.04. The monoisotopic (exact) mass is 310 g/mol. The Morgan fingerprint density at radius 1 is 1.00 bits per heavy atom. The molecule has 5 nitrogen and oxygen atoms in total. The van der Waals surface area contributed by atoms with Crippen molar-refractivity contribution in [1.82, 2.24) is 0 Å². The van der Waals surface area contributed by atoms with Gasteiger partial charge < -0.3 is 24.4 Å².